The lowest BCUT2D eigenvalue weighted by Crippen LogP contribution is -2.36. The first-order chi connectivity index (χ1) is 12.9. The first-order valence-corrected chi connectivity index (χ1v) is 9.16. The number of morpholine rings is 1. The number of aromatic nitrogens is 2. The second-order valence-electron chi connectivity index (χ2n) is 7.23. The van der Waals surface area contributed by atoms with Gasteiger partial charge in [-0.15, -0.1) is 0 Å². The molecule has 2 atom stereocenters. The SMILES string of the molecule is CN1C[C@H](c2ccccc2C(F)(F)F)[C@@H](n2ccc(N3CCOCC3)n2)C1. The molecular formula is C19H23F3N4O. The Balaban J connectivity index is 1.64. The van der Waals surface area contributed by atoms with Crippen molar-refractivity contribution in [2.75, 3.05) is 51.3 Å². The lowest BCUT2D eigenvalue weighted by Gasteiger charge is -2.27. The molecule has 0 spiro atoms. The summed E-state index contributed by atoms with van der Waals surface area (Å²) in [5.74, 6) is 0.598. The van der Waals surface area contributed by atoms with Crippen molar-refractivity contribution in [3.8, 4) is 0 Å². The van der Waals surface area contributed by atoms with Crippen molar-refractivity contribution < 1.29 is 17.9 Å². The van der Waals surface area contributed by atoms with Gasteiger partial charge in [0.25, 0.3) is 0 Å². The molecule has 0 amide bonds. The predicted molar refractivity (Wildman–Crippen MR) is 96.0 cm³/mol. The van der Waals surface area contributed by atoms with E-state index in [1.54, 1.807) is 12.1 Å². The van der Waals surface area contributed by atoms with Crippen molar-refractivity contribution in [3.05, 3.63) is 47.7 Å². The number of halogens is 3. The highest BCUT2D eigenvalue weighted by atomic mass is 19.4. The van der Waals surface area contributed by atoms with Gasteiger partial charge >= 0.3 is 6.18 Å². The van der Waals surface area contributed by atoms with Gasteiger partial charge in [0.05, 0.1) is 24.8 Å². The molecule has 0 unspecified atom stereocenters. The van der Waals surface area contributed by atoms with Crippen molar-refractivity contribution in [2.24, 2.45) is 0 Å². The maximum Gasteiger partial charge on any atom is 0.416 e. The first kappa shape index (κ1) is 18.3. The van der Waals surface area contributed by atoms with Gasteiger partial charge in [0, 0.05) is 44.4 Å². The van der Waals surface area contributed by atoms with Crippen LogP contribution < -0.4 is 4.90 Å². The maximum atomic E-state index is 13.5. The van der Waals surface area contributed by atoms with Crippen LogP contribution in [-0.2, 0) is 10.9 Å². The van der Waals surface area contributed by atoms with E-state index >= 15 is 0 Å². The average Bonchev–Trinajstić information content (AvgIpc) is 3.28. The second-order valence-corrected chi connectivity index (χ2v) is 7.23. The zero-order chi connectivity index (χ0) is 19.0. The van der Waals surface area contributed by atoms with E-state index in [9.17, 15) is 13.2 Å². The van der Waals surface area contributed by atoms with E-state index in [0.29, 0.717) is 31.9 Å². The lowest BCUT2D eigenvalue weighted by atomic mass is 9.90. The number of likely N-dealkylation sites (N-methyl/N-ethyl adjacent to an activating group) is 1. The Labute approximate surface area is 156 Å². The van der Waals surface area contributed by atoms with Crippen LogP contribution >= 0.6 is 0 Å². The molecule has 4 rings (SSSR count). The van der Waals surface area contributed by atoms with E-state index in [2.05, 4.69) is 9.80 Å². The van der Waals surface area contributed by atoms with E-state index in [4.69, 9.17) is 9.84 Å². The van der Waals surface area contributed by atoms with Crippen LogP contribution in [-0.4, -0.2) is 61.1 Å². The first-order valence-electron chi connectivity index (χ1n) is 9.16. The summed E-state index contributed by atoms with van der Waals surface area (Å²) in [4.78, 5) is 4.22. The topological polar surface area (TPSA) is 33.5 Å². The largest absolute Gasteiger partial charge is 0.416 e. The van der Waals surface area contributed by atoms with Gasteiger partial charge in [0.15, 0.2) is 5.82 Å². The molecule has 1 aromatic carbocycles. The smallest absolute Gasteiger partial charge is 0.378 e. The van der Waals surface area contributed by atoms with Crippen molar-refractivity contribution in [2.45, 2.75) is 18.1 Å². The third-order valence-corrected chi connectivity index (χ3v) is 5.41. The number of hydrogen-bond acceptors (Lipinski definition) is 4. The summed E-state index contributed by atoms with van der Waals surface area (Å²) in [6, 6.07) is 7.72. The average molecular weight is 380 g/mol. The number of nitrogens with zero attached hydrogens (tertiary/aromatic N) is 4. The number of anilines is 1. The Morgan fingerprint density at radius 3 is 2.56 bits per heavy atom. The molecule has 0 saturated carbocycles. The van der Waals surface area contributed by atoms with Gasteiger partial charge in [-0.1, -0.05) is 18.2 Å². The van der Waals surface area contributed by atoms with Crippen molar-refractivity contribution >= 4 is 5.82 Å². The third-order valence-electron chi connectivity index (χ3n) is 5.41. The molecular weight excluding hydrogens is 357 g/mol. The van der Waals surface area contributed by atoms with Gasteiger partial charge in [-0.3, -0.25) is 4.68 Å². The number of hydrogen-bond donors (Lipinski definition) is 0. The molecule has 0 N–H and O–H groups in total. The molecule has 146 valence electrons. The number of ether oxygens (including phenoxy) is 1. The minimum absolute atomic E-state index is 0.131. The van der Waals surface area contributed by atoms with Crippen LogP contribution in [0, 0.1) is 0 Å². The van der Waals surface area contributed by atoms with E-state index < -0.39 is 11.7 Å². The van der Waals surface area contributed by atoms with Crippen LogP contribution in [0.3, 0.4) is 0 Å². The van der Waals surface area contributed by atoms with Crippen molar-refractivity contribution in [3.63, 3.8) is 0 Å². The highest BCUT2D eigenvalue weighted by Crippen LogP contribution is 2.42. The van der Waals surface area contributed by atoms with Crippen LogP contribution in [0.1, 0.15) is 23.1 Å². The Hall–Kier alpha value is -2.06. The number of benzene rings is 1. The highest BCUT2D eigenvalue weighted by Gasteiger charge is 2.40. The van der Waals surface area contributed by atoms with Gasteiger partial charge in [0.1, 0.15) is 0 Å². The third kappa shape index (κ3) is 3.68. The van der Waals surface area contributed by atoms with Gasteiger partial charge < -0.3 is 14.5 Å². The molecule has 2 aliphatic heterocycles. The fourth-order valence-corrected chi connectivity index (χ4v) is 4.10. The standard InChI is InChI=1S/C19H23F3N4O/c1-24-12-15(14-4-2-3-5-16(14)19(20,21)22)17(13-24)26-7-6-18(23-26)25-8-10-27-11-9-25/h2-7,15,17H,8-13H2,1H3/t15-,17+/m1/s1. The van der Waals surface area contributed by atoms with Crippen LogP contribution in [0.2, 0.25) is 0 Å². The van der Waals surface area contributed by atoms with Crippen LogP contribution in [0.25, 0.3) is 0 Å². The zero-order valence-corrected chi connectivity index (χ0v) is 15.2. The minimum atomic E-state index is -4.36. The fourth-order valence-electron chi connectivity index (χ4n) is 4.10. The summed E-state index contributed by atoms with van der Waals surface area (Å²) >= 11 is 0. The van der Waals surface area contributed by atoms with Crippen molar-refractivity contribution in [1.82, 2.24) is 14.7 Å². The van der Waals surface area contributed by atoms with E-state index in [0.717, 1.165) is 18.9 Å². The molecule has 1 aromatic heterocycles. The number of likely N-dealkylation sites (tertiary alicyclic amines) is 1. The van der Waals surface area contributed by atoms with Gasteiger partial charge in [-0.05, 0) is 18.7 Å². The molecule has 2 fully saturated rings. The Morgan fingerprint density at radius 2 is 1.81 bits per heavy atom. The van der Waals surface area contributed by atoms with Crippen LogP contribution in [0.15, 0.2) is 36.5 Å². The quantitative estimate of drug-likeness (QED) is 0.820. The molecule has 5 nitrogen and oxygen atoms in total. The maximum absolute atomic E-state index is 13.5. The molecule has 3 heterocycles. The van der Waals surface area contributed by atoms with Gasteiger partial charge in [-0.25, -0.2) is 0 Å². The van der Waals surface area contributed by atoms with Gasteiger partial charge in [-0.2, -0.15) is 18.3 Å². The monoisotopic (exact) mass is 380 g/mol. The highest BCUT2D eigenvalue weighted by molar-refractivity contribution is 5.38. The Kier molecular flexibility index (Phi) is 4.86. The summed E-state index contributed by atoms with van der Waals surface area (Å²) in [6.07, 6.45) is -2.47. The minimum Gasteiger partial charge on any atom is -0.378 e. The molecule has 27 heavy (non-hydrogen) atoms. The number of rotatable bonds is 3. The molecule has 8 heteroatoms. The zero-order valence-electron chi connectivity index (χ0n) is 15.2. The van der Waals surface area contributed by atoms with Crippen molar-refractivity contribution in [1.29, 1.82) is 0 Å². The summed E-state index contributed by atoms with van der Waals surface area (Å²) in [5.41, 5.74) is -0.196. The Morgan fingerprint density at radius 1 is 1.07 bits per heavy atom. The summed E-state index contributed by atoms with van der Waals surface area (Å²) < 4.78 is 47.8. The van der Waals surface area contributed by atoms with Crippen LogP contribution in [0.4, 0.5) is 19.0 Å². The van der Waals surface area contributed by atoms with E-state index in [1.807, 2.05) is 24.0 Å². The normalized spacial score (nSPS) is 24.5. The predicted octanol–water partition coefficient (Wildman–Crippen LogP) is 3.01. The van der Waals surface area contributed by atoms with E-state index in [1.165, 1.54) is 12.1 Å². The second kappa shape index (κ2) is 7.16. The fraction of sp³-hybridized carbons (Fsp3) is 0.526. The molecule has 0 radical (unpaired) electrons. The molecule has 0 bridgehead atoms. The lowest BCUT2D eigenvalue weighted by molar-refractivity contribution is -0.138. The summed E-state index contributed by atoms with van der Waals surface area (Å²) in [7, 11) is 1.94. The summed E-state index contributed by atoms with van der Waals surface area (Å²) in [6.45, 7) is 4.14. The van der Waals surface area contributed by atoms with E-state index in [-0.39, 0.29) is 12.0 Å². The van der Waals surface area contributed by atoms with Gasteiger partial charge in [0.2, 0.25) is 0 Å². The molecule has 0 aliphatic carbocycles. The molecule has 2 saturated heterocycles. The Bertz CT molecular complexity index is 785. The molecule has 2 aromatic rings. The summed E-state index contributed by atoms with van der Waals surface area (Å²) in [5, 5.41) is 4.70. The molecule has 2 aliphatic rings. The van der Waals surface area contributed by atoms with Crippen LogP contribution in [0.5, 0.6) is 0 Å². The number of alkyl halides is 3.